The summed E-state index contributed by atoms with van der Waals surface area (Å²) in [5.41, 5.74) is 3.80. The molecule has 0 aliphatic carbocycles. The van der Waals surface area contributed by atoms with Crippen molar-refractivity contribution in [3.8, 4) is 11.1 Å². The average Bonchev–Trinajstić information content (AvgIpc) is 2.58. The molecule has 0 spiro atoms. The fourth-order valence-electron chi connectivity index (χ4n) is 2.12. The van der Waals surface area contributed by atoms with Crippen LogP contribution in [0.4, 0.5) is 11.4 Å². The summed E-state index contributed by atoms with van der Waals surface area (Å²) in [6.07, 6.45) is 0. The molecule has 0 N–H and O–H groups in total. The van der Waals surface area contributed by atoms with Crippen LogP contribution < -0.4 is 10.5 Å². The van der Waals surface area contributed by atoms with E-state index in [9.17, 15) is 0 Å². The third kappa shape index (κ3) is 3.55. The molecule has 22 heavy (non-hydrogen) atoms. The predicted molar refractivity (Wildman–Crippen MR) is 84.9 cm³/mol. The number of anilines is 2. The fraction of sp³-hybridized carbons (Fsp3) is 0.250. The van der Waals surface area contributed by atoms with Gasteiger partial charge in [-0.05, 0) is 35.4 Å². The Labute approximate surface area is 130 Å². The van der Waals surface area contributed by atoms with Gasteiger partial charge in [-0.3, -0.25) is 19.4 Å². The van der Waals surface area contributed by atoms with E-state index in [0.29, 0.717) is 0 Å². The van der Waals surface area contributed by atoms with E-state index >= 15 is 0 Å². The Morgan fingerprint density at radius 3 is 1.00 bits per heavy atom. The van der Waals surface area contributed by atoms with Gasteiger partial charge in [0, 0.05) is 0 Å². The van der Waals surface area contributed by atoms with Crippen molar-refractivity contribution < 1.29 is 19.4 Å². The zero-order valence-electron chi connectivity index (χ0n) is 13.1. The van der Waals surface area contributed by atoms with Crippen LogP contribution in [0.3, 0.4) is 0 Å². The molecule has 0 aliphatic rings. The molecule has 0 unspecified atom stereocenters. The van der Waals surface area contributed by atoms with Gasteiger partial charge in [-0.15, -0.1) is 10.5 Å². The van der Waals surface area contributed by atoms with Crippen molar-refractivity contribution in [3.05, 3.63) is 48.5 Å². The minimum atomic E-state index is 0.815. The normalized spacial score (nSPS) is 10.5. The molecule has 0 heterocycles. The highest BCUT2D eigenvalue weighted by molar-refractivity contribution is 5.67. The lowest BCUT2D eigenvalue weighted by Gasteiger charge is -2.19. The second kappa shape index (κ2) is 7.77. The summed E-state index contributed by atoms with van der Waals surface area (Å²) in [5.74, 6) is 0. The Bertz CT molecular complexity index is 510. The molecule has 0 amide bonds. The smallest absolute Gasteiger partial charge is 0.0947 e. The lowest BCUT2D eigenvalue weighted by Crippen LogP contribution is -2.19. The van der Waals surface area contributed by atoms with Crippen molar-refractivity contribution in [3.63, 3.8) is 0 Å². The molecule has 0 bridgehead atoms. The van der Waals surface area contributed by atoms with Gasteiger partial charge in [0.05, 0.1) is 39.8 Å². The number of rotatable bonds is 7. The number of hydrogen-bond acceptors (Lipinski definition) is 6. The summed E-state index contributed by atoms with van der Waals surface area (Å²) in [5, 5.41) is 2.67. The van der Waals surface area contributed by atoms with Crippen LogP contribution in [0.15, 0.2) is 48.5 Å². The summed E-state index contributed by atoms with van der Waals surface area (Å²) in [4.78, 5) is 20.3. The van der Waals surface area contributed by atoms with Gasteiger partial charge in [0.1, 0.15) is 0 Å². The molecule has 0 saturated heterocycles. The molecule has 6 nitrogen and oxygen atoms in total. The van der Waals surface area contributed by atoms with E-state index in [-0.39, 0.29) is 0 Å². The number of nitrogens with zero attached hydrogens (tertiary/aromatic N) is 2. The Hall–Kier alpha value is -2.12. The van der Waals surface area contributed by atoms with E-state index in [2.05, 4.69) is 0 Å². The maximum absolute atomic E-state index is 5.08. The van der Waals surface area contributed by atoms with Gasteiger partial charge in [-0.2, -0.15) is 0 Å². The Kier molecular flexibility index (Phi) is 5.74. The molecular formula is C16H20N2O4. The minimum absolute atomic E-state index is 0.815. The van der Waals surface area contributed by atoms with Crippen molar-refractivity contribution in [1.82, 2.24) is 0 Å². The molecular weight excluding hydrogens is 284 g/mol. The summed E-state index contributed by atoms with van der Waals surface area (Å²) >= 11 is 0. The zero-order valence-corrected chi connectivity index (χ0v) is 13.1. The van der Waals surface area contributed by atoms with Crippen LogP contribution in [-0.4, -0.2) is 28.4 Å². The predicted octanol–water partition coefficient (Wildman–Crippen LogP) is 3.21. The van der Waals surface area contributed by atoms with Gasteiger partial charge in [0.25, 0.3) is 0 Å². The lowest BCUT2D eigenvalue weighted by molar-refractivity contribution is -0.0434. The van der Waals surface area contributed by atoms with Gasteiger partial charge in [0.15, 0.2) is 0 Å². The third-order valence-electron chi connectivity index (χ3n) is 3.15. The van der Waals surface area contributed by atoms with Gasteiger partial charge < -0.3 is 0 Å². The van der Waals surface area contributed by atoms with Crippen LogP contribution in [0.25, 0.3) is 11.1 Å². The molecule has 0 aliphatic heterocycles. The summed E-state index contributed by atoms with van der Waals surface area (Å²) < 4.78 is 0. The van der Waals surface area contributed by atoms with Crippen LogP contribution in [0, 0.1) is 0 Å². The maximum atomic E-state index is 5.08. The van der Waals surface area contributed by atoms with Crippen molar-refractivity contribution in [1.29, 1.82) is 0 Å². The summed E-state index contributed by atoms with van der Waals surface area (Å²) in [7, 11) is 6.20. The van der Waals surface area contributed by atoms with E-state index in [1.54, 1.807) is 28.4 Å². The lowest BCUT2D eigenvalue weighted by atomic mass is 10.1. The first-order valence-electron chi connectivity index (χ1n) is 6.70. The summed E-state index contributed by atoms with van der Waals surface area (Å²) in [6.45, 7) is 0. The molecule has 0 atom stereocenters. The fourth-order valence-corrected chi connectivity index (χ4v) is 2.12. The van der Waals surface area contributed by atoms with E-state index < -0.39 is 0 Å². The molecule has 118 valence electrons. The molecule has 0 saturated carbocycles. The molecule has 6 heteroatoms. The zero-order chi connectivity index (χ0) is 15.9. The molecule has 2 aromatic rings. The van der Waals surface area contributed by atoms with Gasteiger partial charge in [0.2, 0.25) is 0 Å². The first-order valence-corrected chi connectivity index (χ1v) is 6.70. The highest BCUT2D eigenvalue weighted by Crippen LogP contribution is 2.25. The van der Waals surface area contributed by atoms with Crippen LogP contribution in [0.5, 0.6) is 0 Å². The molecule has 2 rings (SSSR count). The standard InChI is InChI=1S/C16H20N2O4/c1-19-17(20-2)15-9-5-13(6-10-15)14-7-11-16(12-8-14)18(21-3)22-4/h5-12H,1-4H3. The van der Waals surface area contributed by atoms with Crippen LogP contribution >= 0.6 is 0 Å². The monoisotopic (exact) mass is 304 g/mol. The molecule has 2 aromatic carbocycles. The van der Waals surface area contributed by atoms with Crippen molar-refractivity contribution in [2.45, 2.75) is 0 Å². The van der Waals surface area contributed by atoms with Gasteiger partial charge in [-0.1, -0.05) is 24.3 Å². The van der Waals surface area contributed by atoms with E-state index in [4.69, 9.17) is 19.4 Å². The van der Waals surface area contributed by atoms with Crippen molar-refractivity contribution in [2.75, 3.05) is 38.9 Å². The highest BCUT2D eigenvalue weighted by atomic mass is 16.9. The molecule has 0 fully saturated rings. The first-order chi connectivity index (χ1) is 10.7. The van der Waals surface area contributed by atoms with E-state index in [1.807, 2.05) is 48.5 Å². The quantitative estimate of drug-likeness (QED) is 0.732. The van der Waals surface area contributed by atoms with Crippen LogP contribution in [-0.2, 0) is 19.4 Å². The third-order valence-corrected chi connectivity index (χ3v) is 3.15. The van der Waals surface area contributed by atoms with Crippen molar-refractivity contribution >= 4 is 11.4 Å². The number of hydrogen-bond donors (Lipinski definition) is 0. The van der Waals surface area contributed by atoms with Crippen molar-refractivity contribution in [2.24, 2.45) is 0 Å². The maximum Gasteiger partial charge on any atom is 0.0947 e. The van der Waals surface area contributed by atoms with E-state index in [0.717, 1.165) is 22.5 Å². The Morgan fingerprint density at radius 1 is 0.500 bits per heavy atom. The molecule has 0 aromatic heterocycles. The Morgan fingerprint density at radius 2 is 0.773 bits per heavy atom. The Balaban J connectivity index is 2.18. The topological polar surface area (TPSA) is 43.4 Å². The second-order valence-electron chi connectivity index (χ2n) is 4.34. The molecule has 0 radical (unpaired) electrons. The second-order valence-corrected chi connectivity index (χ2v) is 4.34. The van der Waals surface area contributed by atoms with Crippen LogP contribution in [0.1, 0.15) is 0 Å². The summed E-state index contributed by atoms with van der Waals surface area (Å²) in [6, 6.07) is 15.7. The van der Waals surface area contributed by atoms with Gasteiger partial charge >= 0.3 is 0 Å². The van der Waals surface area contributed by atoms with Gasteiger partial charge in [-0.25, -0.2) is 0 Å². The average molecular weight is 304 g/mol. The SMILES string of the molecule is CON(OC)c1ccc(-c2ccc(N(OC)OC)cc2)cc1. The first kappa shape index (κ1) is 16.3. The number of benzene rings is 2. The van der Waals surface area contributed by atoms with E-state index in [1.165, 1.54) is 10.5 Å². The minimum Gasteiger partial charge on any atom is -0.252 e. The highest BCUT2D eigenvalue weighted by Gasteiger charge is 2.07. The van der Waals surface area contributed by atoms with Crippen LogP contribution in [0.2, 0.25) is 0 Å². The largest absolute Gasteiger partial charge is 0.252 e.